The molecule has 0 radical (unpaired) electrons. The van der Waals surface area contributed by atoms with E-state index < -0.39 is 23.7 Å². The van der Waals surface area contributed by atoms with Crippen LogP contribution in [-0.4, -0.2) is 54.4 Å². The largest absolute Gasteiger partial charge is 0.465 e. The number of nitrogens with zero attached hydrogens (tertiary/aromatic N) is 1. The molecule has 1 amide bonds. The molecule has 1 aliphatic heterocycles. The van der Waals surface area contributed by atoms with E-state index in [0.29, 0.717) is 24.3 Å². The lowest BCUT2D eigenvalue weighted by atomic mass is 10.0. The number of amides is 1. The van der Waals surface area contributed by atoms with E-state index in [1.807, 2.05) is 55.5 Å². The van der Waals surface area contributed by atoms with Crippen LogP contribution >= 0.6 is 11.8 Å². The smallest absolute Gasteiger partial charge is 0.326 e. The molecule has 0 saturated carbocycles. The fraction of sp³-hybridized carbons (Fsp3) is 0.464. The molecule has 1 heterocycles. The average molecular weight is 513 g/mol. The third-order valence-electron chi connectivity index (χ3n) is 5.65. The van der Waals surface area contributed by atoms with Gasteiger partial charge in [-0.2, -0.15) is 0 Å². The topological polar surface area (TPSA) is 84.9 Å². The summed E-state index contributed by atoms with van der Waals surface area (Å²) in [5.41, 5.74) is 2.28. The first-order valence-corrected chi connectivity index (χ1v) is 13.3. The molecule has 1 N–H and O–H groups in total. The van der Waals surface area contributed by atoms with Gasteiger partial charge in [-0.1, -0.05) is 42.0 Å². The Kier molecular flexibility index (Phi) is 9.56. The molecule has 3 rings (SSSR count). The molecule has 0 bridgehead atoms. The third kappa shape index (κ3) is 7.83. The highest BCUT2D eigenvalue weighted by atomic mass is 32.2. The number of fused-ring (bicyclic) bond motifs is 1. The number of thioether (sulfide) groups is 1. The monoisotopic (exact) mass is 512 g/mol. The van der Waals surface area contributed by atoms with E-state index >= 15 is 0 Å². The molecule has 1 unspecified atom stereocenters. The fourth-order valence-corrected chi connectivity index (χ4v) is 5.05. The number of para-hydroxylation sites is 1. The van der Waals surface area contributed by atoms with E-state index in [1.165, 1.54) is 22.2 Å². The molecule has 0 saturated heterocycles. The highest BCUT2D eigenvalue weighted by Crippen LogP contribution is 2.34. The zero-order chi connectivity index (χ0) is 26.3. The molecule has 7 nitrogen and oxygen atoms in total. The molecule has 0 fully saturated rings. The molecule has 36 heavy (non-hydrogen) atoms. The van der Waals surface area contributed by atoms with Gasteiger partial charge in [-0.15, -0.1) is 11.8 Å². The quantitative estimate of drug-likeness (QED) is 0.502. The van der Waals surface area contributed by atoms with Crippen LogP contribution in [0.5, 0.6) is 0 Å². The highest BCUT2D eigenvalue weighted by molar-refractivity contribution is 7.99. The summed E-state index contributed by atoms with van der Waals surface area (Å²) in [6.45, 7) is 9.22. The van der Waals surface area contributed by atoms with Crippen molar-refractivity contribution in [2.45, 2.75) is 70.0 Å². The standard InChI is InChI=1S/C28H36N2O5S/c1-6-34-27(33)21(16-15-20-13-11-19(2)12-14-20)29-22-18-36-24-10-8-7-9-23(24)30(26(22)32)17-25(31)35-28(3,4)5/h7-14,21-22,29H,6,15-18H2,1-5H3/t21?,22-/m0/s1. The molecule has 194 valence electrons. The van der Waals surface area contributed by atoms with Crippen LogP contribution in [0.25, 0.3) is 0 Å². The maximum absolute atomic E-state index is 13.7. The van der Waals surface area contributed by atoms with Gasteiger partial charge < -0.3 is 9.47 Å². The van der Waals surface area contributed by atoms with Gasteiger partial charge in [-0.05, 0) is 65.2 Å². The van der Waals surface area contributed by atoms with Gasteiger partial charge in [-0.3, -0.25) is 24.6 Å². The van der Waals surface area contributed by atoms with Gasteiger partial charge in [0, 0.05) is 10.6 Å². The lowest BCUT2D eigenvalue weighted by Crippen LogP contribution is -2.54. The van der Waals surface area contributed by atoms with Crippen molar-refractivity contribution in [3.63, 3.8) is 0 Å². The number of hydrogen-bond acceptors (Lipinski definition) is 7. The Balaban J connectivity index is 1.81. The Morgan fingerprint density at radius 2 is 1.83 bits per heavy atom. The first kappa shape index (κ1) is 27.7. The number of ether oxygens (including phenoxy) is 2. The van der Waals surface area contributed by atoms with E-state index in [4.69, 9.17) is 9.47 Å². The van der Waals surface area contributed by atoms with Crippen LogP contribution in [-0.2, 0) is 30.3 Å². The lowest BCUT2D eigenvalue weighted by molar-refractivity contribution is -0.154. The Bertz CT molecular complexity index is 1060. The summed E-state index contributed by atoms with van der Waals surface area (Å²) in [4.78, 5) is 41.6. The first-order chi connectivity index (χ1) is 17.1. The molecule has 0 aliphatic carbocycles. The Morgan fingerprint density at radius 1 is 1.14 bits per heavy atom. The minimum atomic E-state index is -0.683. The third-order valence-corrected chi connectivity index (χ3v) is 6.80. The zero-order valence-electron chi connectivity index (χ0n) is 21.7. The summed E-state index contributed by atoms with van der Waals surface area (Å²) in [6.07, 6.45) is 1.14. The summed E-state index contributed by atoms with van der Waals surface area (Å²) in [6, 6.07) is 14.3. The lowest BCUT2D eigenvalue weighted by Gasteiger charge is -2.28. The van der Waals surface area contributed by atoms with Crippen molar-refractivity contribution in [2.24, 2.45) is 0 Å². The summed E-state index contributed by atoms with van der Waals surface area (Å²) in [5.74, 6) is -0.732. The van der Waals surface area contributed by atoms with E-state index in [1.54, 1.807) is 27.7 Å². The second-order valence-corrected chi connectivity index (χ2v) is 10.9. The number of benzene rings is 2. The molecule has 2 aromatic carbocycles. The first-order valence-electron chi connectivity index (χ1n) is 12.3. The molecular weight excluding hydrogens is 476 g/mol. The normalized spacial score (nSPS) is 16.6. The van der Waals surface area contributed by atoms with Crippen molar-refractivity contribution in [2.75, 3.05) is 23.8 Å². The van der Waals surface area contributed by atoms with Crippen molar-refractivity contribution in [1.29, 1.82) is 0 Å². The van der Waals surface area contributed by atoms with Crippen LogP contribution < -0.4 is 10.2 Å². The van der Waals surface area contributed by atoms with Crippen LogP contribution in [0, 0.1) is 6.92 Å². The summed E-state index contributed by atoms with van der Waals surface area (Å²) in [7, 11) is 0. The number of nitrogens with one attached hydrogen (secondary N) is 1. The van der Waals surface area contributed by atoms with Gasteiger partial charge in [0.15, 0.2) is 0 Å². The minimum absolute atomic E-state index is 0.209. The number of aryl methyl sites for hydroxylation is 2. The minimum Gasteiger partial charge on any atom is -0.465 e. The van der Waals surface area contributed by atoms with Crippen LogP contribution in [0.1, 0.15) is 45.2 Å². The predicted octanol–water partition coefficient (Wildman–Crippen LogP) is 4.30. The van der Waals surface area contributed by atoms with Crippen molar-refractivity contribution >= 4 is 35.3 Å². The fourth-order valence-electron chi connectivity index (χ4n) is 3.96. The van der Waals surface area contributed by atoms with Crippen LogP contribution in [0.15, 0.2) is 53.4 Å². The van der Waals surface area contributed by atoms with Crippen molar-refractivity contribution < 1.29 is 23.9 Å². The SMILES string of the molecule is CCOC(=O)C(CCc1ccc(C)cc1)N[C@H]1CSc2ccccc2N(CC(=O)OC(C)(C)C)C1=O. The van der Waals surface area contributed by atoms with E-state index in [2.05, 4.69) is 5.32 Å². The van der Waals surface area contributed by atoms with Crippen molar-refractivity contribution in [1.82, 2.24) is 5.32 Å². The van der Waals surface area contributed by atoms with Gasteiger partial charge in [0.2, 0.25) is 5.91 Å². The average Bonchev–Trinajstić information content (AvgIpc) is 2.94. The maximum atomic E-state index is 13.7. The second-order valence-electron chi connectivity index (χ2n) is 9.84. The molecule has 1 aliphatic rings. The molecule has 2 atom stereocenters. The number of rotatable bonds is 9. The van der Waals surface area contributed by atoms with E-state index in [0.717, 1.165) is 10.5 Å². The molecule has 8 heteroatoms. The summed E-state index contributed by atoms with van der Waals surface area (Å²) < 4.78 is 10.8. The number of anilines is 1. The van der Waals surface area contributed by atoms with Crippen LogP contribution in [0.2, 0.25) is 0 Å². The Labute approximate surface area is 217 Å². The van der Waals surface area contributed by atoms with Gasteiger partial charge in [0.05, 0.1) is 18.3 Å². The number of hydrogen-bond donors (Lipinski definition) is 1. The molecule has 0 aromatic heterocycles. The van der Waals surface area contributed by atoms with Crippen LogP contribution in [0.3, 0.4) is 0 Å². The van der Waals surface area contributed by atoms with E-state index in [-0.39, 0.29) is 25.0 Å². The Morgan fingerprint density at radius 3 is 2.50 bits per heavy atom. The van der Waals surface area contributed by atoms with Crippen molar-refractivity contribution in [3.8, 4) is 0 Å². The van der Waals surface area contributed by atoms with Gasteiger partial charge in [-0.25, -0.2) is 0 Å². The summed E-state index contributed by atoms with van der Waals surface area (Å²) in [5, 5.41) is 3.26. The zero-order valence-corrected chi connectivity index (χ0v) is 22.5. The van der Waals surface area contributed by atoms with Gasteiger partial charge in [0.1, 0.15) is 18.2 Å². The van der Waals surface area contributed by atoms with Crippen LogP contribution in [0.4, 0.5) is 5.69 Å². The number of esters is 2. The van der Waals surface area contributed by atoms with Crippen molar-refractivity contribution in [3.05, 3.63) is 59.7 Å². The predicted molar refractivity (Wildman–Crippen MR) is 142 cm³/mol. The highest BCUT2D eigenvalue weighted by Gasteiger charge is 2.35. The second kappa shape index (κ2) is 12.4. The molecule has 2 aromatic rings. The number of carbonyl (C=O) groups is 3. The maximum Gasteiger partial charge on any atom is 0.326 e. The van der Waals surface area contributed by atoms with Gasteiger partial charge >= 0.3 is 11.9 Å². The molecule has 0 spiro atoms. The summed E-state index contributed by atoms with van der Waals surface area (Å²) >= 11 is 1.52. The van der Waals surface area contributed by atoms with E-state index in [9.17, 15) is 14.4 Å². The van der Waals surface area contributed by atoms with Gasteiger partial charge in [0.25, 0.3) is 0 Å². The number of carbonyl (C=O) groups excluding carboxylic acids is 3. The molecular formula is C28H36N2O5S. The Hall–Kier alpha value is -2.84.